The molecule has 3 nitrogen and oxygen atoms in total. The van der Waals surface area contributed by atoms with Crippen LogP contribution in [0.5, 0.6) is 0 Å². The predicted molar refractivity (Wildman–Crippen MR) is 82.0 cm³/mol. The van der Waals surface area contributed by atoms with E-state index in [0.717, 1.165) is 17.0 Å². The lowest BCUT2D eigenvalue weighted by Gasteiger charge is -2.36. The van der Waals surface area contributed by atoms with Crippen molar-refractivity contribution in [2.45, 2.75) is 51.6 Å². The van der Waals surface area contributed by atoms with Gasteiger partial charge in [0.15, 0.2) is 4.67 Å². The number of hydrogen-bond acceptors (Lipinski definition) is 3. The molecule has 2 N–H and O–H groups in total. The summed E-state index contributed by atoms with van der Waals surface area (Å²) in [7, 11) is 0. The lowest BCUT2D eigenvalue weighted by atomic mass is 10.1. The molecule has 1 aliphatic carbocycles. The van der Waals surface area contributed by atoms with Crippen LogP contribution < -0.4 is 5.73 Å². The van der Waals surface area contributed by atoms with E-state index >= 15 is 0 Å². The van der Waals surface area contributed by atoms with Crippen LogP contribution in [0, 0.1) is 5.92 Å². The van der Waals surface area contributed by atoms with Gasteiger partial charge in [0.05, 0.1) is 6.04 Å². The number of hydrogen-bond donors (Lipinski definition) is 1. The summed E-state index contributed by atoms with van der Waals surface area (Å²) >= 11 is 3.39. The lowest BCUT2D eigenvalue weighted by Crippen LogP contribution is -2.42. The van der Waals surface area contributed by atoms with Gasteiger partial charge in [-0.15, -0.1) is 0 Å². The molecule has 108 valence electrons. The summed E-state index contributed by atoms with van der Waals surface area (Å²) in [6.45, 7) is 6.25. The van der Waals surface area contributed by atoms with Crippen LogP contribution in [0.1, 0.15) is 51.3 Å². The minimum absolute atomic E-state index is 0.205. The molecule has 4 heteroatoms. The normalized spacial score (nSPS) is 18.6. The standard InChI is InChI=1S/C15H25BrN2O/c1-11(2)10-18(12-5-3-4-6-12)13(9-17)14-7-8-15(16)19-14/h7-8,11-13H,3-6,9-10,17H2,1-2H3. The maximum atomic E-state index is 6.04. The third kappa shape index (κ3) is 3.83. The average molecular weight is 329 g/mol. The van der Waals surface area contributed by atoms with Gasteiger partial charge in [0.1, 0.15) is 5.76 Å². The van der Waals surface area contributed by atoms with Gasteiger partial charge in [-0.2, -0.15) is 0 Å². The van der Waals surface area contributed by atoms with Gasteiger partial charge in [-0.3, -0.25) is 4.90 Å². The van der Waals surface area contributed by atoms with E-state index in [9.17, 15) is 0 Å². The molecule has 1 heterocycles. The second-order valence-corrected chi connectivity index (χ2v) is 6.70. The van der Waals surface area contributed by atoms with Crippen molar-refractivity contribution < 1.29 is 4.42 Å². The van der Waals surface area contributed by atoms with Crippen molar-refractivity contribution in [2.75, 3.05) is 13.1 Å². The summed E-state index contributed by atoms with van der Waals surface area (Å²) in [6.07, 6.45) is 5.28. The van der Waals surface area contributed by atoms with E-state index in [4.69, 9.17) is 10.2 Å². The number of nitrogens with zero attached hydrogens (tertiary/aromatic N) is 1. The number of rotatable bonds is 6. The quantitative estimate of drug-likeness (QED) is 0.859. The number of halogens is 1. The molecule has 2 rings (SSSR count). The van der Waals surface area contributed by atoms with Gasteiger partial charge in [0.25, 0.3) is 0 Å². The summed E-state index contributed by atoms with van der Waals surface area (Å²) in [5.41, 5.74) is 6.04. The van der Waals surface area contributed by atoms with Gasteiger partial charge in [-0.1, -0.05) is 26.7 Å². The van der Waals surface area contributed by atoms with Crippen molar-refractivity contribution in [3.8, 4) is 0 Å². The van der Waals surface area contributed by atoms with Crippen LogP contribution in [0.15, 0.2) is 21.2 Å². The van der Waals surface area contributed by atoms with E-state index in [1.54, 1.807) is 0 Å². The van der Waals surface area contributed by atoms with Crippen molar-refractivity contribution in [1.29, 1.82) is 0 Å². The molecule has 1 aliphatic rings. The molecular formula is C15H25BrN2O. The minimum Gasteiger partial charge on any atom is -0.453 e. The fourth-order valence-electron chi connectivity index (χ4n) is 3.11. The Labute approximate surface area is 124 Å². The maximum absolute atomic E-state index is 6.04. The first-order valence-corrected chi connectivity index (χ1v) is 8.12. The van der Waals surface area contributed by atoms with E-state index in [1.165, 1.54) is 25.7 Å². The van der Waals surface area contributed by atoms with Crippen molar-refractivity contribution in [2.24, 2.45) is 11.7 Å². The smallest absolute Gasteiger partial charge is 0.169 e. The summed E-state index contributed by atoms with van der Waals surface area (Å²) in [4.78, 5) is 2.57. The Hall–Kier alpha value is -0.320. The van der Waals surface area contributed by atoms with E-state index < -0.39 is 0 Å². The fraction of sp³-hybridized carbons (Fsp3) is 0.733. The molecule has 0 saturated heterocycles. The average Bonchev–Trinajstić information content (AvgIpc) is 2.99. The van der Waals surface area contributed by atoms with Gasteiger partial charge in [0.2, 0.25) is 0 Å². The fourth-order valence-corrected chi connectivity index (χ4v) is 3.43. The first-order chi connectivity index (χ1) is 9.11. The minimum atomic E-state index is 0.205. The van der Waals surface area contributed by atoms with Gasteiger partial charge < -0.3 is 10.2 Å². The highest BCUT2D eigenvalue weighted by molar-refractivity contribution is 9.10. The van der Waals surface area contributed by atoms with Gasteiger partial charge in [-0.05, 0) is 46.8 Å². The Morgan fingerprint density at radius 1 is 1.37 bits per heavy atom. The molecule has 0 aliphatic heterocycles. The molecule has 1 fully saturated rings. The second-order valence-electron chi connectivity index (χ2n) is 5.92. The van der Waals surface area contributed by atoms with Crippen molar-refractivity contribution in [3.05, 3.63) is 22.6 Å². The first kappa shape index (κ1) is 15.1. The molecule has 0 bridgehead atoms. The summed E-state index contributed by atoms with van der Waals surface area (Å²) in [5, 5.41) is 0. The topological polar surface area (TPSA) is 42.4 Å². The van der Waals surface area contributed by atoms with Crippen LogP contribution in [-0.4, -0.2) is 24.0 Å². The molecule has 0 amide bonds. The van der Waals surface area contributed by atoms with Crippen LogP contribution in [-0.2, 0) is 0 Å². The Morgan fingerprint density at radius 3 is 2.53 bits per heavy atom. The molecule has 1 aromatic rings. The number of furan rings is 1. The molecule has 1 unspecified atom stereocenters. The zero-order valence-electron chi connectivity index (χ0n) is 11.9. The molecule has 1 saturated carbocycles. The third-order valence-corrected chi connectivity index (χ3v) is 4.34. The highest BCUT2D eigenvalue weighted by Gasteiger charge is 2.30. The zero-order valence-corrected chi connectivity index (χ0v) is 13.5. The van der Waals surface area contributed by atoms with Crippen molar-refractivity contribution in [3.63, 3.8) is 0 Å². The van der Waals surface area contributed by atoms with Gasteiger partial charge >= 0.3 is 0 Å². The largest absolute Gasteiger partial charge is 0.453 e. The summed E-state index contributed by atoms with van der Waals surface area (Å²) < 4.78 is 6.54. The SMILES string of the molecule is CC(C)CN(C1CCCC1)C(CN)c1ccc(Br)o1. The Balaban J connectivity index is 2.18. The van der Waals surface area contributed by atoms with Crippen LogP contribution in [0.25, 0.3) is 0 Å². The monoisotopic (exact) mass is 328 g/mol. The maximum Gasteiger partial charge on any atom is 0.169 e. The third-order valence-electron chi connectivity index (χ3n) is 3.92. The predicted octanol–water partition coefficient (Wildman–Crippen LogP) is 3.94. The van der Waals surface area contributed by atoms with Crippen molar-refractivity contribution in [1.82, 2.24) is 4.90 Å². The Morgan fingerprint density at radius 2 is 2.05 bits per heavy atom. The second kappa shape index (κ2) is 6.91. The molecule has 0 radical (unpaired) electrons. The lowest BCUT2D eigenvalue weighted by molar-refractivity contribution is 0.107. The van der Waals surface area contributed by atoms with Crippen molar-refractivity contribution >= 4 is 15.9 Å². The highest BCUT2D eigenvalue weighted by atomic mass is 79.9. The van der Waals surface area contributed by atoms with Crippen LogP contribution in [0.4, 0.5) is 0 Å². The molecular weight excluding hydrogens is 304 g/mol. The zero-order chi connectivity index (χ0) is 13.8. The Kier molecular flexibility index (Phi) is 5.48. The molecule has 1 atom stereocenters. The Bertz CT molecular complexity index is 385. The van der Waals surface area contributed by atoms with E-state index in [0.29, 0.717) is 18.5 Å². The van der Waals surface area contributed by atoms with E-state index in [1.807, 2.05) is 12.1 Å². The molecule has 19 heavy (non-hydrogen) atoms. The van der Waals surface area contributed by atoms with Crippen LogP contribution in [0.2, 0.25) is 0 Å². The van der Waals surface area contributed by atoms with Crippen LogP contribution in [0.3, 0.4) is 0 Å². The number of nitrogens with two attached hydrogens (primary N) is 1. The van der Waals surface area contributed by atoms with Gasteiger partial charge in [0, 0.05) is 19.1 Å². The van der Waals surface area contributed by atoms with Crippen LogP contribution >= 0.6 is 15.9 Å². The molecule has 0 aromatic carbocycles. The first-order valence-electron chi connectivity index (χ1n) is 7.33. The molecule has 1 aromatic heterocycles. The highest BCUT2D eigenvalue weighted by Crippen LogP contribution is 2.32. The molecule has 0 spiro atoms. The van der Waals surface area contributed by atoms with E-state index in [2.05, 4.69) is 34.7 Å². The summed E-state index contributed by atoms with van der Waals surface area (Å²) in [6, 6.07) is 4.88. The van der Waals surface area contributed by atoms with E-state index in [-0.39, 0.29) is 6.04 Å². The summed E-state index contributed by atoms with van der Waals surface area (Å²) in [5.74, 6) is 1.63. The van der Waals surface area contributed by atoms with Gasteiger partial charge in [-0.25, -0.2) is 0 Å².